The lowest BCUT2D eigenvalue weighted by Gasteiger charge is -2.37. The highest BCUT2D eigenvalue weighted by molar-refractivity contribution is 7.80. The van der Waals surface area contributed by atoms with Gasteiger partial charge in [0, 0.05) is 31.9 Å². The first kappa shape index (κ1) is 15.6. The zero-order chi connectivity index (χ0) is 16.2. The molecule has 0 bridgehead atoms. The van der Waals surface area contributed by atoms with E-state index in [2.05, 4.69) is 10.2 Å². The van der Waals surface area contributed by atoms with Crippen molar-refractivity contribution in [3.8, 4) is 5.75 Å². The fourth-order valence-electron chi connectivity index (χ4n) is 2.59. The third-order valence-corrected chi connectivity index (χ3v) is 4.26. The molecule has 4 nitrogen and oxygen atoms in total. The van der Waals surface area contributed by atoms with Gasteiger partial charge < -0.3 is 20.2 Å². The van der Waals surface area contributed by atoms with Gasteiger partial charge in [0.15, 0.2) is 5.11 Å². The first-order valence-electron chi connectivity index (χ1n) is 7.48. The molecule has 2 N–H and O–H groups in total. The van der Waals surface area contributed by atoms with Gasteiger partial charge in [0.1, 0.15) is 11.6 Å². The largest absolute Gasteiger partial charge is 0.508 e. The molecule has 0 spiro atoms. The summed E-state index contributed by atoms with van der Waals surface area (Å²) in [6.45, 7) is 3.18. The number of nitrogens with zero attached hydrogens (tertiary/aromatic N) is 2. The average molecular weight is 331 g/mol. The second-order valence-electron chi connectivity index (χ2n) is 5.40. The number of benzene rings is 2. The number of hydrogen-bond acceptors (Lipinski definition) is 3. The highest BCUT2D eigenvalue weighted by Gasteiger charge is 2.19. The van der Waals surface area contributed by atoms with Gasteiger partial charge in [-0.05, 0) is 48.6 Å². The zero-order valence-electron chi connectivity index (χ0n) is 12.6. The van der Waals surface area contributed by atoms with Crippen LogP contribution in [0.3, 0.4) is 0 Å². The van der Waals surface area contributed by atoms with Gasteiger partial charge in [0.25, 0.3) is 0 Å². The van der Waals surface area contributed by atoms with Gasteiger partial charge >= 0.3 is 0 Å². The molecule has 23 heavy (non-hydrogen) atoms. The van der Waals surface area contributed by atoms with Crippen molar-refractivity contribution in [2.45, 2.75) is 0 Å². The number of aromatic hydroxyl groups is 1. The fraction of sp³-hybridized carbons (Fsp3) is 0.235. The van der Waals surface area contributed by atoms with Crippen LogP contribution in [0, 0.1) is 5.82 Å². The van der Waals surface area contributed by atoms with Crippen LogP contribution in [-0.4, -0.2) is 41.3 Å². The molecule has 120 valence electrons. The fourth-order valence-corrected chi connectivity index (χ4v) is 2.88. The van der Waals surface area contributed by atoms with E-state index in [1.165, 1.54) is 6.07 Å². The van der Waals surface area contributed by atoms with Crippen LogP contribution in [0.5, 0.6) is 5.75 Å². The molecule has 0 amide bonds. The topological polar surface area (TPSA) is 38.7 Å². The van der Waals surface area contributed by atoms with Crippen LogP contribution in [0.15, 0.2) is 48.5 Å². The molecule has 0 unspecified atom stereocenters. The molecule has 2 aromatic rings. The molecule has 1 saturated heterocycles. The number of rotatable bonds is 2. The number of piperazine rings is 1. The monoisotopic (exact) mass is 331 g/mol. The molecule has 1 heterocycles. The number of halogens is 1. The van der Waals surface area contributed by atoms with Crippen LogP contribution in [0.1, 0.15) is 0 Å². The van der Waals surface area contributed by atoms with E-state index in [4.69, 9.17) is 12.2 Å². The lowest BCUT2D eigenvalue weighted by Crippen LogP contribution is -2.50. The highest BCUT2D eigenvalue weighted by Crippen LogP contribution is 2.20. The first-order valence-corrected chi connectivity index (χ1v) is 7.89. The molecule has 2 aromatic carbocycles. The number of nitrogens with one attached hydrogen (secondary N) is 1. The summed E-state index contributed by atoms with van der Waals surface area (Å²) in [7, 11) is 0. The third-order valence-electron chi connectivity index (χ3n) is 3.90. The van der Waals surface area contributed by atoms with E-state index in [0.29, 0.717) is 10.8 Å². The standard InChI is InChI=1S/C17H18FN3OS/c18-15-3-1-2-4-16(15)19-17(23)21-11-9-20(10-12-21)13-5-7-14(22)8-6-13/h1-8,22H,9-12H2,(H,19,23). The van der Waals surface area contributed by atoms with Crippen molar-refractivity contribution < 1.29 is 9.50 Å². The van der Waals surface area contributed by atoms with Gasteiger partial charge in [-0.3, -0.25) is 0 Å². The van der Waals surface area contributed by atoms with Crippen LogP contribution < -0.4 is 10.2 Å². The lowest BCUT2D eigenvalue weighted by molar-refractivity contribution is 0.390. The molecular formula is C17H18FN3OS. The molecule has 3 rings (SSSR count). The highest BCUT2D eigenvalue weighted by atomic mass is 32.1. The molecule has 0 aliphatic carbocycles. The van der Waals surface area contributed by atoms with Gasteiger partial charge in [-0.2, -0.15) is 0 Å². The molecule has 6 heteroatoms. The Balaban J connectivity index is 1.57. The summed E-state index contributed by atoms with van der Waals surface area (Å²) in [5, 5.41) is 12.9. The summed E-state index contributed by atoms with van der Waals surface area (Å²) in [5.41, 5.74) is 1.48. The SMILES string of the molecule is Oc1ccc(N2CCN(C(=S)Nc3ccccc3F)CC2)cc1. The van der Waals surface area contributed by atoms with E-state index in [0.717, 1.165) is 31.9 Å². The van der Waals surface area contributed by atoms with E-state index in [1.807, 2.05) is 17.0 Å². The second kappa shape index (κ2) is 6.83. The summed E-state index contributed by atoms with van der Waals surface area (Å²) in [5.74, 6) is -0.0415. The minimum Gasteiger partial charge on any atom is -0.508 e. The Bertz CT molecular complexity index is 684. The average Bonchev–Trinajstić information content (AvgIpc) is 2.58. The Morgan fingerprint density at radius 2 is 1.65 bits per heavy atom. The van der Waals surface area contributed by atoms with Crippen molar-refractivity contribution in [2.75, 3.05) is 36.4 Å². The van der Waals surface area contributed by atoms with Gasteiger partial charge in [-0.15, -0.1) is 0 Å². The van der Waals surface area contributed by atoms with Crippen LogP contribution in [-0.2, 0) is 0 Å². The predicted octanol–water partition coefficient (Wildman–Crippen LogP) is 3.05. The number of para-hydroxylation sites is 1. The van der Waals surface area contributed by atoms with E-state index in [1.54, 1.807) is 30.3 Å². The van der Waals surface area contributed by atoms with Gasteiger partial charge in [0.2, 0.25) is 0 Å². The van der Waals surface area contributed by atoms with E-state index in [9.17, 15) is 9.50 Å². The van der Waals surface area contributed by atoms with E-state index >= 15 is 0 Å². The Labute approximate surface area is 140 Å². The van der Waals surface area contributed by atoms with Crippen molar-refractivity contribution >= 4 is 28.7 Å². The van der Waals surface area contributed by atoms with Crippen LogP contribution >= 0.6 is 12.2 Å². The summed E-state index contributed by atoms with van der Waals surface area (Å²) < 4.78 is 13.7. The number of phenolic OH excluding ortho intramolecular Hbond substituents is 1. The quantitative estimate of drug-likeness (QED) is 0.828. The lowest BCUT2D eigenvalue weighted by atomic mass is 10.2. The van der Waals surface area contributed by atoms with Crippen molar-refractivity contribution in [3.63, 3.8) is 0 Å². The minimum atomic E-state index is -0.308. The maximum Gasteiger partial charge on any atom is 0.173 e. The van der Waals surface area contributed by atoms with Crippen LogP contribution in [0.2, 0.25) is 0 Å². The summed E-state index contributed by atoms with van der Waals surface area (Å²) in [6, 6.07) is 13.7. The second-order valence-corrected chi connectivity index (χ2v) is 5.79. The third kappa shape index (κ3) is 3.71. The van der Waals surface area contributed by atoms with E-state index < -0.39 is 0 Å². The summed E-state index contributed by atoms with van der Waals surface area (Å²) in [6.07, 6.45) is 0. The Morgan fingerprint density at radius 3 is 2.30 bits per heavy atom. The maximum atomic E-state index is 13.7. The Morgan fingerprint density at radius 1 is 1.00 bits per heavy atom. The van der Waals surface area contributed by atoms with Gasteiger partial charge in [-0.25, -0.2) is 4.39 Å². The molecule has 1 aliphatic rings. The number of thiocarbonyl (C=S) groups is 1. The number of anilines is 2. The number of hydrogen-bond donors (Lipinski definition) is 2. The molecule has 0 radical (unpaired) electrons. The van der Waals surface area contributed by atoms with Crippen molar-refractivity contribution in [3.05, 3.63) is 54.3 Å². The Kier molecular flexibility index (Phi) is 4.62. The maximum absolute atomic E-state index is 13.7. The van der Waals surface area contributed by atoms with E-state index in [-0.39, 0.29) is 11.6 Å². The predicted molar refractivity (Wildman–Crippen MR) is 94.5 cm³/mol. The van der Waals surface area contributed by atoms with Gasteiger partial charge in [-0.1, -0.05) is 12.1 Å². The first-order chi connectivity index (χ1) is 11.1. The van der Waals surface area contributed by atoms with Crippen molar-refractivity contribution in [1.82, 2.24) is 4.90 Å². The molecule has 0 saturated carbocycles. The smallest absolute Gasteiger partial charge is 0.173 e. The molecular weight excluding hydrogens is 313 g/mol. The van der Waals surface area contributed by atoms with Crippen molar-refractivity contribution in [2.24, 2.45) is 0 Å². The zero-order valence-corrected chi connectivity index (χ0v) is 13.4. The molecule has 0 atom stereocenters. The molecule has 1 aliphatic heterocycles. The minimum absolute atomic E-state index is 0.266. The normalized spacial score (nSPS) is 14.7. The molecule has 1 fully saturated rings. The van der Waals surface area contributed by atoms with Crippen LogP contribution in [0.25, 0.3) is 0 Å². The van der Waals surface area contributed by atoms with Crippen molar-refractivity contribution in [1.29, 1.82) is 0 Å². The van der Waals surface area contributed by atoms with Gasteiger partial charge in [0.05, 0.1) is 5.69 Å². The van der Waals surface area contributed by atoms with Crippen LogP contribution in [0.4, 0.5) is 15.8 Å². The molecule has 0 aromatic heterocycles. The summed E-state index contributed by atoms with van der Waals surface area (Å²) >= 11 is 5.38. The Hall–Kier alpha value is -2.34. The summed E-state index contributed by atoms with van der Waals surface area (Å²) in [4.78, 5) is 4.28. The number of phenols is 1.